The van der Waals surface area contributed by atoms with Crippen LogP contribution < -0.4 is 16.0 Å². The van der Waals surface area contributed by atoms with Crippen molar-refractivity contribution in [2.75, 3.05) is 16.0 Å². The molecular formula is C21H15F4N7O. The van der Waals surface area contributed by atoms with Crippen LogP contribution in [0.25, 0.3) is 11.0 Å². The second kappa shape index (κ2) is 9.02. The molecule has 12 heteroatoms. The first-order chi connectivity index (χ1) is 15.8. The van der Waals surface area contributed by atoms with E-state index in [4.69, 9.17) is 0 Å². The Balaban J connectivity index is 1.57. The van der Waals surface area contributed by atoms with Gasteiger partial charge in [0, 0.05) is 30.2 Å². The maximum atomic E-state index is 13.2. The van der Waals surface area contributed by atoms with Crippen LogP contribution in [0.3, 0.4) is 0 Å². The zero-order chi connectivity index (χ0) is 23.4. The maximum absolute atomic E-state index is 13.2. The number of amides is 2. The predicted octanol–water partition coefficient (Wildman–Crippen LogP) is 4.83. The van der Waals surface area contributed by atoms with Crippen LogP contribution in [-0.2, 0) is 12.7 Å². The molecule has 3 heterocycles. The number of nitrogens with zero attached hydrogens (tertiary/aromatic N) is 4. The van der Waals surface area contributed by atoms with E-state index in [2.05, 4.69) is 35.9 Å². The molecule has 0 saturated carbocycles. The van der Waals surface area contributed by atoms with Crippen molar-refractivity contribution in [2.24, 2.45) is 0 Å². The second-order valence-corrected chi connectivity index (χ2v) is 6.72. The molecule has 0 aliphatic carbocycles. The van der Waals surface area contributed by atoms with E-state index in [1.54, 1.807) is 12.1 Å². The van der Waals surface area contributed by atoms with Gasteiger partial charge in [0.25, 0.3) is 0 Å². The van der Waals surface area contributed by atoms with Gasteiger partial charge in [-0.25, -0.2) is 14.2 Å². The van der Waals surface area contributed by atoms with Crippen LogP contribution in [0.15, 0.2) is 60.9 Å². The van der Waals surface area contributed by atoms with Gasteiger partial charge in [0.1, 0.15) is 17.3 Å². The van der Waals surface area contributed by atoms with Gasteiger partial charge in [-0.2, -0.15) is 23.1 Å². The van der Waals surface area contributed by atoms with E-state index in [9.17, 15) is 22.4 Å². The molecule has 4 aromatic rings. The van der Waals surface area contributed by atoms with E-state index in [1.807, 2.05) is 0 Å². The number of rotatable bonds is 5. The van der Waals surface area contributed by atoms with Crippen LogP contribution in [0.5, 0.6) is 0 Å². The number of aromatic nitrogens is 4. The highest BCUT2D eigenvalue weighted by Crippen LogP contribution is 2.30. The first-order valence-corrected chi connectivity index (χ1v) is 9.51. The Hall–Kier alpha value is -4.35. The summed E-state index contributed by atoms with van der Waals surface area (Å²) < 4.78 is 52.7. The third-order valence-electron chi connectivity index (χ3n) is 4.40. The van der Waals surface area contributed by atoms with Crippen molar-refractivity contribution in [1.29, 1.82) is 0 Å². The summed E-state index contributed by atoms with van der Waals surface area (Å²) in [6.07, 6.45) is -2.07. The van der Waals surface area contributed by atoms with Crippen LogP contribution in [0.4, 0.5) is 39.8 Å². The minimum absolute atomic E-state index is 0.0794. The number of carbonyl (C=O) groups excluding carboxylic acids is 1. The van der Waals surface area contributed by atoms with Crippen LogP contribution >= 0.6 is 0 Å². The summed E-state index contributed by atoms with van der Waals surface area (Å²) in [4.78, 5) is 28.2. The predicted molar refractivity (Wildman–Crippen MR) is 113 cm³/mol. The molecule has 33 heavy (non-hydrogen) atoms. The van der Waals surface area contributed by atoms with Gasteiger partial charge in [-0.15, -0.1) is 0 Å². The van der Waals surface area contributed by atoms with Crippen LogP contribution in [0.2, 0.25) is 0 Å². The molecule has 0 radical (unpaired) electrons. The molecule has 3 N–H and O–H groups in total. The van der Waals surface area contributed by atoms with Crippen LogP contribution in [0, 0.1) is 5.82 Å². The molecule has 0 saturated heterocycles. The molecule has 4 rings (SSSR count). The monoisotopic (exact) mass is 457 g/mol. The Bertz CT molecular complexity index is 1300. The third kappa shape index (κ3) is 5.29. The largest absolute Gasteiger partial charge is 0.433 e. The summed E-state index contributed by atoms with van der Waals surface area (Å²) in [5.74, 6) is -0.421. The molecule has 8 nitrogen and oxygen atoms in total. The zero-order valence-electron chi connectivity index (χ0n) is 16.7. The van der Waals surface area contributed by atoms with E-state index >= 15 is 0 Å². The number of carbonyl (C=O) groups is 1. The maximum Gasteiger partial charge on any atom is 0.433 e. The summed E-state index contributed by atoms with van der Waals surface area (Å²) in [6.45, 7) is -0.231. The fraction of sp³-hybridized carbons (Fsp3) is 0.0952. The summed E-state index contributed by atoms with van der Waals surface area (Å²) in [5.41, 5.74) is -0.535. The van der Waals surface area contributed by atoms with E-state index in [0.29, 0.717) is 11.1 Å². The van der Waals surface area contributed by atoms with Gasteiger partial charge in [0.15, 0.2) is 5.65 Å². The molecule has 3 aromatic heterocycles. The van der Waals surface area contributed by atoms with Crippen molar-refractivity contribution in [3.05, 3.63) is 78.0 Å². The average Bonchev–Trinajstić information content (AvgIpc) is 2.78. The van der Waals surface area contributed by atoms with E-state index in [0.717, 1.165) is 6.20 Å². The van der Waals surface area contributed by atoms with E-state index < -0.39 is 23.7 Å². The molecule has 0 fully saturated rings. The molecular weight excluding hydrogens is 442 g/mol. The SMILES string of the molecule is O=C(Nc1ccc(F)cc1)Nc1nc(NCc2cccnc2C(F)(F)F)c2cccnc2n1. The van der Waals surface area contributed by atoms with Crippen molar-refractivity contribution in [3.8, 4) is 0 Å². The van der Waals surface area contributed by atoms with Crippen molar-refractivity contribution in [2.45, 2.75) is 12.7 Å². The summed E-state index contributed by atoms with van der Waals surface area (Å²) in [5, 5.41) is 8.21. The van der Waals surface area contributed by atoms with Crippen molar-refractivity contribution in [3.63, 3.8) is 0 Å². The van der Waals surface area contributed by atoms with Crippen LogP contribution in [0.1, 0.15) is 11.3 Å². The smallest absolute Gasteiger partial charge is 0.365 e. The highest BCUT2D eigenvalue weighted by atomic mass is 19.4. The Labute approximate surface area is 184 Å². The lowest BCUT2D eigenvalue weighted by Crippen LogP contribution is -2.21. The Morgan fingerprint density at radius 2 is 1.64 bits per heavy atom. The highest BCUT2D eigenvalue weighted by Gasteiger charge is 2.34. The lowest BCUT2D eigenvalue weighted by Gasteiger charge is -2.14. The van der Waals surface area contributed by atoms with Gasteiger partial charge in [-0.1, -0.05) is 6.07 Å². The van der Waals surface area contributed by atoms with Gasteiger partial charge in [-0.05, 0) is 42.5 Å². The molecule has 0 bridgehead atoms. The summed E-state index contributed by atoms with van der Waals surface area (Å²) >= 11 is 0. The minimum atomic E-state index is -4.61. The zero-order valence-corrected chi connectivity index (χ0v) is 16.7. The average molecular weight is 457 g/mol. The van der Waals surface area contributed by atoms with Gasteiger partial charge in [0.05, 0.1) is 5.39 Å². The molecule has 168 valence electrons. The van der Waals surface area contributed by atoms with Gasteiger partial charge < -0.3 is 10.6 Å². The lowest BCUT2D eigenvalue weighted by molar-refractivity contribution is -0.141. The first kappa shape index (κ1) is 21.9. The fourth-order valence-corrected chi connectivity index (χ4v) is 2.97. The van der Waals surface area contributed by atoms with Gasteiger partial charge in [-0.3, -0.25) is 10.3 Å². The molecule has 0 aliphatic heterocycles. The number of hydrogen-bond acceptors (Lipinski definition) is 6. The van der Waals surface area contributed by atoms with Gasteiger partial charge in [0.2, 0.25) is 5.95 Å². The lowest BCUT2D eigenvalue weighted by atomic mass is 10.2. The molecule has 2 amide bonds. The molecule has 1 aromatic carbocycles. The number of hydrogen-bond donors (Lipinski definition) is 3. The Morgan fingerprint density at radius 3 is 2.39 bits per heavy atom. The number of alkyl halides is 3. The first-order valence-electron chi connectivity index (χ1n) is 9.51. The topological polar surface area (TPSA) is 105 Å². The number of nitrogens with one attached hydrogen (secondary N) is 3. The molecule has 0 spiro atoms. The molecule has 0 atom stereocenters. The Kier molecular flexibility index (Phi) is 5.98. The number of halogens is 4. The Morgan fingerprint density at radius 1 is 0.909 bits per heavy atom. The van der Waals surface area contributed by atoms with E-state index in [1.165, 1.54) is 42.6 Å². The van der Waals surface area contributed by atoms with Gasteiger partial charge >= 0.3 is 12.2 Å². The van der Waals surface area contributed by atoms with Crippen molar-refractivity contribution < 1.29 is 22.4 Å². The summed E-state index contributed by atoms with van der Waals surface area (Å²) in [7, 11) is 0. The number of fused-ring (bicyclic) bond motifs is 1. The number of pyridine rings is 2. The quantitative estimate of drug-likeness (QED) is 0.371. The standard InChI is InChI=1S/C21H15F4N7O/c22-13-5-7-14(8-6-13)29-20(33)32-19-30-17-15(4-2-10-27-17)18(31-19)28-11-12-3-1-9-26-16(12)21(23,24)25/h1-10H,11H2,(H3,27,28,29,30,31,32,33). The highest BCUT2D eigenvalue weighted by molar-refractivity contribution is 5.99. The van der Waals surface area contributed by atoms with E-state index in [-0.39, 0.29) is 29.5 Å². The van der Waals surface area contributed by atoms with Crippen LogP contribution in [-0.4, -0.2) is 26.0 Å². The number of anilines is 3. The number of benzene rings is 1. The van der Waals surface area contributed by atoms with Crippen molar-refractivity contribution >= 4 is 34.5 Å². The van der Waals surface area contributed by atoms with Crippen molar-refractivity contribution in [1.82, 2.24) is 19.9 Å². The number of urea groups is 1. The second-order valence-electron chi connectivity index (χ2n) is 6.72. The minimum Gasteiger partial charge on any atom is -0.365 e. The molecule has 0 unspecified atom stereocenters. The summed E-state index contributed by atoms with van der Waals surface area (Å²) in [6, 6.07) is 10.4. The fourth-order valence-electron chi connectivity index (χ4n) is 2.97. The third-order valence-corrected chi connectivity index (χ3v) is 4.40. The molecule has 0 aliphatic rings. The normalized spacial score (nSPS) is 11.3.